The predicted molar refractivity (Wildman–Crippen MR) is 81.1 cm³/mol. The van der Waals surface area contributed by atoms with Crippen molar-refractivity contribution < 1.29 is 9.59 Å². The van der Waals surface area contributed by atoms with Crippen LogP contribution in [0, 0.1) is 11.3 Å². The van der Waals surface area contributed by atoms with Crippen molar-refractivity contribution in [1.82, 2.24) is 9.80 Å². The molecule has 1 heterocycles. The summed E-state index contributed by atoms with van der Waals surface area (Å²) in [5, 5.41) is 0. The molecule has 0 bridgehead atoms. The van der Waals surface area contributed by atoms with Crippen molar-refractivity contribution in [1.29, 1.82) is 0 Å². The zero-order valence-corrected chi connectivity index (χ0v) is 13.0. The Morgan fingerprint density at radius 3 is 2.20 bits per heavy atom. The molecule has 2 N–H and O–H groups in total. The second kappa shape index (κ2) is 5.68. The molecule has 0 spiro atoms. The molecule has 0 aromatic carbocycles. The molecule has 1 aliphatic carbocycles. The summed E-state index contributed by atoms with van der Waals surface area (Å²) in [4.78, 5) is 28.2. The smallest absolute Gasteiger partial charge is 0.235 e. The van der Waals surface area contributed by atoms with E-state index < -0.39 is 5.41 Å². The molecule has 0 radical (unpaired) electrons. The molecular weight excluding hydrogens is 274 g/mol. The van der Waals surface area contributed by atoms with Crippen molar-refractivity contribution in [3.63, 3.8) is 0 Å². The molecule has 2 rings (SSSR count). The minimum atomic E-state index is -0.625. The predicted octanol–water partition coefficient (Wildman–Crippen LogP) is 0.770. The van der Waals surface area contributed by atoms with Crippen molar-refractivity contribution in [2.75, 3.05) is 26.2 Å². The maximum Gasteiger partial charge on any atom is 0.235 e. The third-order valence-electron chi connectivity index (χ3n) is 4.50. The van der Waals surface area contributed by atoms with E-state index in [0.29, 0.717) is 30.5 Å². The van der Waals surface area contributed by atoms with E-state index in [1.54, 1.807) is 11.8 Å². The lowest BCUT2D eigenvalue weighted by molar-refractivity contribution is -0.144. The molecule has 1 aliphatic heterocycles. The third-order valence-corrected chi connectivity index (χ3v) is 4.89. The van der Waals surface area contributed by atoms with Crippen LogP contribution in [0.2, 0.25) is 0 Å². The molecule has 2 amide bonds. The highest BCUT2D eigenvalue weighted by Gasteiger charge is 2.52. The monoisotopic (exact) mass is 297 g/mol. The number of nitrogens with zero attached hydrogens (tertiary/aromatic N) is 2. The summed E-state index contributed by atoms with van der Waals surface area (Å²) in [5.41, 5.74) is 5.21. The highest BCUT2D eigenvalue weighted by molar-refractivity contribution is 7.80. The Bertz CT molecular complexity index is 432. The van der Waals surface area contributed by atoms with Gasteiger partial charge in [0, 0.05) is 33.1 Å². The average molecular weight is 297 g/mol. The number of nitrogens with two attached hydrogens (primary N) is 1. The molecule has 6 heteroatoms. The zero-order chi connectivity index (χ0) is 14.9. The van der Waals surface area contributed by atoms with Gasteiger partial charge >= 0.3 is 0 Å². The van der Waals surface area contributed by atoms with Crippen molar-refractivity contribution in [2.24, 2.45) is 17.1 Å². The fraction of sp³-hybridized carbons (Fsp3) is 0.786. The van der Waals surface area contributed by atoms with Crippen LogP contribution in [-0.2, 0) is 9.59 Å². The summed E-state index contributed by atoms with van der Waals surface area (Å²) in [6.45, 7) is 6.27. The Morgan fingerprint density at radius 2 is 1.70 bits per heavy atom. The lowest BCUT2D eigenvalue weighted by Crippen LogP contribution is -2.57. The molecule has 20 heavy (non-hydrogen) atoms. The van der Waals surface area contributed by atoms with Crippen LogP contribution in [0.5, 0.6) is 0 Å². The Balaban J connectivity index is 2.05. The van der Waals surface area contributed by atoms with Gasteiger partial charge in [0.2, 0.25) is 11.8 Å². The van der Waals surface area contributed by atoms with Crippen LogP contribution in [0.25, 0.3) is 0 Å². The Hall–Kier alpha value is -1.17. The minimum absolute atomic E-state index is 0.0634. The van der Waals surface area contributed by atoms with E-state index in [2.05, 4.69) is 6.92 Å². The molecule has 112 valence electrons. The van der Waals surface area contributed by atoms with Gasteiger partial charge in [0.15, 0.2) is 0 Å². The second-order valence-electron chi connectivity index (χ2n) is 6.11. The van der Waals surface area contributed by atoms with Crippen LogP contribution < -0.4 is 5.73 Å². The quantitative estimate of drug-likeness (QED) is 0.765. The molecule has 1 saturated heterocycles. The van der Waals surface area contributed by atoms with E-state index >= 15 is 0 Å². The van der Waals surface area contributed by atoms with E-state index in [9.17, 15) is 9.59 Å². The van der Waals surface area contributed by atoms with Gasteiger partial charge < -0.3 is 15.5 Å². The van der Waals surface area contributed by atoms with Crippen LogP contribution in [0.3, 0.4) is 0 Å². The molecular formula is C14H23N3O2S. The molecule has 5 nitrogen and oxygen atoms in total. The second-order valence-corrected chi connectivity index (χ2v) is 6.55. The fourth-order valence-electron chi connectivity index (χ4n) is 3.35. The number of rotatable bonds is 2. The highest BCUT2D eigenvalue weighted by atomic mass is 32.1. The van der Waals surface area contributed by atoms with Gasteiger partial charge in [0.05, 0.1) is 10.4 Å². The molecule has 1 saturated carbocycles. The van der Waals surface area contributed by atoms with Crippen molar-refractivity contribution in [3.05, 3.63) is 0 Å². The van der Waals surface area contributed by atoms with Gasteiger partial charge in [-0.3, -0.25) is 9.59 Å². The van der Waals surface area contributed by atoms with Gasteiger partial charge in [0.25, 0.3) is 0 Å². The van der Waals surface area contributed by atoms with Crippen molar-refractivity contribution >= 4 is 29.0 Å². The number of thiocarbonyl (C=S) groups is 1. The van der Waals surface area contributed by atoms with Crippen LogP contribution in [0.15, 0.2) is 0 Å². The van der Waals surface area contributed by atoms with E-state index in [-0.39, 0.29) is 11.8 Å². The molecule has 0 aromatic rings. The minimum Gasteiger partial charge on any atom is -0.392 e. The van der Waals surface area contributed by atoms with E-state index in [1.807, 2.05) is 4.90 Å². The molecule has 2 aliphatic rings. The van der Waals surface area contributed by atoms with Crippen molar-refractivity contribution in [3.8, 4) is 0 Å². The first-order valence-corrected chi connectivity index (χ1v) is 7.62. The van der Waals surface area contributed by atoms with E-state index in [4.69, 9.17) is 18.0 Å². The first-order chi connectivity index (χ1) is 9.36. The molecule has 0 unspecified atom stereocenters. The zero-order valence-electron chi connectivity index (χ0n) is 12.2. The first kappa shape index (κ1) is 15.2. The third kappa shape index (κ3) is 2.66. The van der Waals surface area contributed by atoms with Crippen LogP contribution in [-0.4, -0.2) is 52.8 Å². The number of carbonyl (C=O) groups excluding carboxylic acids is 2. The molecule has 2 fully saturated rings. The molecule has 0 aromatic heterocycles. The van der Waals surface area contributed by atoms with E-state index in [1.165, 1.54) is 0 Å². The topological polar surface area (TPSA) is 66.6 Å². The Kier molecular flexibility index (Phi) is 4.32. The van der Waals surface area contributed by atoms with Crippen molar-refractivity contribution in [2.45, 2.75) is 33.1 Å². The van der Waals surface area contributed by atoms with Crippen LogP contribution >= 0.6 is 12.2 Å². The van der Waals surface area contributed by atoms with Crippen LogP contribution in [0.1, 0.15) is 33.1 Å². The summed E-state index contributed by atoms with van der Waals surface area (Å²) in [6, 6.07) is 0. The van der Waals surface area contributed by atoms with E-state index in [0.717, 1.165) is 25.8 Å². The summed E-state index contributed by atoms with van der Waals surface area (Å²) in [5.74, 6) is 0.635. The number of hydrogen-bond donors (Lipinski definition) is 1. The van der Waals surface area contributed by atoms with Gasteiger partial charge in [-0.1, -0.05) is 19.1 Å². The summed E-state index contributed by atoms with van der Waals surface area (Å²) in [6.07, 6.45) is 2.33. The fourth-order valence-corrected chi connectivity index (χ4v) is 3.60. The Morgan fingerprint density at radius 1 is 1.15 bits per heavy atom. The van der Waals surface area contributed by atoms with Gasteiger partial charge in [-0.2, -0.15) is 0 Å². The van der Waals surface area contributed by atoms with Gasteiger partial charge in [-0.25, -0.2) is 0 Å². The lowest BCUT2D eigenvalue weighted by atomic mass is 9.61. The van der Waals surface area contributed by atoms with Gasteiger partial charge in [-0.05, 0) is 25.2 Å². The number of amides is 2. The number of carbonyl (C=O) groups is 2. The molecule has 0 atom stereocenters. The first-order valence-electron chi connectivity index (χ1n) is 7.21. The van der Waals surface area contributed by atoms with Crippen LogP contribution in [0.4, 0.5) is 0 Å². The van der Waals surface area contributed by atoms with Gasteiger partial charge in [0.1, 0.15) is 0 Å². The lowest BCUT2D eigenvalue weighted by Gasteiger charge is -2.46. The summed E-state index contributed by atoms with van der Waals surface area (Å²) < 4.78 is 0. The largest absolute Gasteiger partial charge is 0.392 e. The average Bonchev–Trinajstić information content (AvgIpc) is 2.59. The number of hydrogen-bond acceptors (Lipinski definition) is 3. The SMILES string of the molecule is CC(=O)N1CCCN(C(=O)C2(C(N)=S)CC(C)C2)CC1. The summed E-state index contributed by atoms with van der Waals surface area (Å²) in [7, 11) is 0. The standard InChI is InChI=1S/C14H23N3O2S/c1-10-8-14(9-10,12(15)20)13(19)17-5-3-4-16(6-7-17)11(2)18/h10H,3-9H2,1-2H3,(H2,15,20). The van der Waals surface area contributed by atoms with Gasteiger partial charge in [-0.15, -0.1) is 0 Å². The maximum atomic E-state index is 12.8. The Labute approximate surface area is 125 Å². The maximum absolute atomic E-state index is 12.8. The normalized spacial score (nSPS) is 30.4. The highest BCUT2D eigenvalue weighted by Crippen LogP contribution is 2.47. The summed E-state index contributed by atoms with van der Waals surface area (Å²) >= 11 is 5.14.